The van der Waals surface area contributed by atoms with Crippen LogP contribution in [0.4, 0.5) is 0 Å². The van der Waals surface area contributed by atoms with Gasteiger partial charge in [-0.25, -0.2) is 9.97 Å². The van der Waals surface area contributed by atoms with Gasteiger partial charge in [-0.2, -0.15) is 0 Å². The molecule has 160 valence electrons. The number of ether oxygens (including phenoxy) is 1. The summed E-state index contributed by atoms with van der Waals surface area (Å²) in [6.45, 7) is 3.54. The van der Waals surface area contributed by atoms with Crippen molar-refractivity contribution in [3.63, 3.8) is 0 Å². The van der Waals surface area contributed by atoms with Gasteiger partial charge < -0.3 is 19.9 Å². The Kier molecular flexibility index (Phi) is 6.37. The average Bonchev–Trinajstić information content (AvgIpc) is 3.22. The van der Waals surface area contributed by atoms with Crippen LogP contribution in [-0.2, 0) is 24.4 Å². The van der Waals surface area contributed by atoms with Crippen molar-refractivity contribution in [2.75, 3.05) is 6.61 Å². The van der Waals surface area contributed by atoms with Crippen molar-refractivity contribution in [2.24, 2.45) is 0 Å². The molecule has 0 bridgehead atoms. The summed E-state index contributed by atoms with van der Waals surface area (Å²) in [5.41, 5.74) is 2.67. The van der Waals surface area contributed by atoms with E-state index in [4.69, 9.17) is 4.74 Å². The van der Waals surface area contributed by atoms with Gasteiger partial charge in [0.15, 0.2) is 0 Å². The average molecular weight is 419 g/mol. The molecule has 1 aliphatic heterocycles. The third-order valence-electron chi connectivity index (χ3n) is 5.33. The molecule has 0 unspecified atom stereocenters. The Morgan fingerprint density at radius 1 is 1.13 bits per heavy atom. The number of nitrogens with zero attached hydrogens (tertiary/aromatic N) is 3. The Hall–Kier alpha value is -3.52. The zero-order valence-electron chi connectivity index (χ0n) is 17.4. The monoisotopic (exact) mass is 419 g/mol. The quantitative estimate of drug-likeness (QED) is 0.614. The highest BCUT2D eigenvalue weighted by Crippen LogP contribution is 2.23. The second-order valence-electron chi connectivity index (χ2n) is 7.29. The zero-order valence-corrected chi connectivity index (χ0v) is 17.4. The second-order valence-corrected chi connectivity index (χ2v) is 7.29. The van der Waals surface area contributed by atoms with Crippen LogP contribution in [0.2, 0.25) is 0 Å². The van der Waals surface area contributed by atoms with Crippen molar-refractivity contribution in [1.29, 1.82) is 0 Å². The topological polar surface area (TPSA) is 98.1 Å². The summed E-state index contributed by atoms with van der Waals surface area (Å²) in [6, 6.07) is 13.1. The summed E-state index contributed by atoms with van der Waals surface area (Å²) >= 11 is 0. The largest absolute Gasteiger partial charge is 0.373 e. The highest BCUT2D eigenvalue weighted by molar-refractivity contribution is 6.00. The number of hydrogen-bond donors (Lipinski definition) is 2. The van der Waals surface area contributed by atoms with Crippen LogP contribution in [0.25, 0.3) is 0 Å². The first kappa shape index (κ1) is 20.7. The van der Waals surface area contributed by atoms with Crippen molar-refractivity contribution in [1.82, 2.24) is 25.2 Å². The van der Waals surface area contributed by atoms with Gasteiger partial charge in [0.2, 0.25) is 0 Å². The van der Waals surface area contributed by atoms with E-state index in [2.05, 4.69) is 20.6 Å². The van der Waals surface area contributed by atoms with Crippen LogP contribution in [0.3, 0.4) is 0 Å². The number of hydrogen-bond acceptors (Lipinski definition) is 5. The number of aromatic nitrogens is 3. The van der Waals surface area contributed by atoms with Crippen molar-refractivity contribution < 1.29 is 14.3 Å². The first-order valence-electron chi connectivity index (χ1n) is 10.4. The van der Waals surface area contributed by atoms with Gasteiger partial charge in [0.25, 0.3) is 11.8 Å². The minimum absolute atomic E-state index is 0.110. The van der Waals surface area contributed by atoms with E-state index in [1.54, 1.807) is 24.5 Å². The fourth-order valence-corrected chi connectivity index (χ4v) is 3.72. The maximum Gasteiger partial charge on any atom is 0.268 e. The standard InChI is InChI=1S/C23H25N5O3/c1-2-18(16-7-4-3-5-8-16)27-22(29)17-13-19(28-11-12-31-15-20(17)28)23(30)26-14-21-24-9-6-10-25-21/h3-10,13,18H,2,11-12,14-15H2,1H3,(H,26,30)(H,27,29)/t18-/m1/s1. The second kappa shape index (κ2) is 9.53. The van der Waals surface area contributed by atoms with Crippen LogP contribution in [0.1, 0.15) is 57.3 Å². The number of rotatable bonds is 7. The van der Waals surface area contributed by atoms with Gasteiger partial charge in [-0.15, -0.1) is 0 Å². The minimum atomic E-state index is -0.273. The van der Waals surface area contributed by atoms with E-state index in [-0.39, 0.29) is 24.4 Å². The first-order valence-corrected chi connectivity index (χ1v) is 10.4. The molecule has 1 aromatic carbocycles. The van der Waals surface area contributed by atoms with E-state index in [0.717, 1.165) is 12.0 Å². The fourth-order valence-electron chi connectivity index (χ4n) is 3.72. The molecular weight excluding hydrogens is 394 g/mol. The van der Waals surface area contributed by atoms with Crippen LogP contribution >= 0.6 is 0 Å². The molecule has 1 atom stereocenters. The smallest absolute Gasteiger partial charge is 0.268 e. The molecule has 8 heteroatoms. The number of carbonyl (C=O) groups excluding carboxylic acids is 2. The number of nitrogens with one attached hydrogen (secondary N) is 2. The van der Waals surface area contributed by atoms with E-state index in [0.29, 0.717) is 42.5 Å². The Labute approximate surface area is 180 Å². The third-order valence-corrected chi connectivity index (χ3v) is 5.33. The van der Waals surface area contributed by atoms with Crippen molar-refractivity contribution in [2.45, 2.75) is 39.1 Å². The summed E-state index contributed by atoms with van der Waals surface area (Å²) in [6.07, 6.45) is 4.02. The molecule has 3 aromatic rings. The molecule has 0 radical (unpaired) electrons. The molecular formula is C23H25N5O3. The van der Waals surface area contributed by atoms with E-state index in [1.165, 1.54) is 0 Å². The molecule has 1 aliphatic rings. The van der Waals surface area contributed by atoms with Crippen molar-refractivity contribution >= 4 is 11.8 Å². The normalized spacial score (nSPS) is 13.8. The summed E-state index contributed by atoms with van der Waals surface area (Å²) < 4.78 is 7.44. The van der Waals surface area contributed by atoms with Gasteiger partial charge in [-0.1, -0.05) is 37.3 Å². The Balaban J connectivity index is 1.55. The highest BCUT2D eigenvalue weighted by Gasteiger charge is 2.27. The zero-order chi connectivity index (χ0) is 21.6. The van der Waals surface area contributed by atoms with Crippen LogP contribution in [-0.4, -0.2) is 33.0 Å². The van der Waals surface area contributed by atoms with E-state index in [9.17, 15) is 9.59 Å². The van der Waals surface area contributed by atoms with Crippen LogP contribution in [0, 0.1) is 0 Å². The molecule has 8 nitrogen and oxygen atoms in total. The lowest BCUT2D eigenvalue weighted by atomic mass is 10.0. The van der Waals surface area contributed by atoms with Crippen LogP contribution < -0.4 is 10.6 Å². The molecule has 4 rings (SSSR count). The van der Waals surface area contributed by atoms with Crippen molar-refractivity contribution in [3.8, 4) is 0 Å². The van der Waals surface area contributed by atoms with Gasteiger partial charge in [-0.3, -0.25) is 9.59 Å². The highest BCUT2D eigenvalue weighted by atomic mass is 16.5. The molecule has 31 heavy (non-hydrogen) atoms. The number of fused-ring (bicyclic) bond motifs is 1. The lowest BCUT2D eigenvalue weighted by Gasteiger charge is -2.20. The predicted octanol–water partition coefficient (Wildman–Crippen LogP) is 2.62. The van der Waals surface area contributed by atoms with Gasteiger partial charge in [0.1, 0.15) is 11.5 Å². The Morgan fingerprint density at radius 3 is 2.65 bits per heavy atom. The molecule has 3 heterocycles. The van der Waals surface area contributed by atoms with E-state index in [1.807, 2.05) is 41.8 Å². The van der Waals surface area contributed by atoms with E-state index < -0.39 is 0 Å². The van der Waals surface area contributed by atoms with Crippen molar-refractivity contribution in [3.05, 3.63) is 83.2 Å². The van der Waals surface area contributed by atoms with Gasteiger partial charge in [0.05, 0.1) is 37.1 Å². The first-order chi connectivity index (χ1) is 15.2. The predicted molar refractivity (Wildman–Crippen MR) is 114 cm³/mol. The molecule has 0 aliphatic carbocycles. The summed E-state index contributed by atoms with van der Waals surface area (Å²) in [4.78, 5) is 34.2. The number of carbonyl (C=O) groups is 2. The maximum absolute atomic E-state index is 13.1. The number of benzene rings is 1. The minimum Gasteiger partial charge on any atom is -0.373 e. The number of amides is 2. The molecule has 0 saturated heterocycles. The summed E-state index contributed by atoms with van der Waals surface area (Å²) in [5.74, 6) is 0.0383. The Morgan fingerprint density at radius 2 is 1.90 bits per heavy atom. The van der Waals surface area contributed by atoms with E-state index >= 15 is 0 Å². The summed E-state index contributed by atoms with van der Waals surface area (Å²) in [5, 5.41) is 5.94. The summed E-state index contributed by atoms with van der Waals surface area (Å²) in [7, 11) is 0. The molecule has 0 saturated carbocycles. The molecule has 2 N–H and O–H groups in total. The van der Waals surface area contributed by atoms with Gasteiger partial charge in [0, 0.05) is 18.9 Å². The molecule has 2 aromatic heterocycles. The third kappa shape index (κ3) is 4.64. The lowest BCUT2D eigenvalue weighted by molar-refractivity contribution is 0.0776. The molecule has 0 spiro atoms. The molecule has 2 amide bonds. The maximum atomic E-state index is 13.1. The lowest BCUT2D eigenvalue weighted by Crippen LogP contribution is -2.30. The fraction of sp³-hybridized carbons (Fsp3) is 0.304. The molecule has 0 fully saturated rings. The Bertz CT molecular complexity index is 1050. The SMILES string of the molecule is CC[C@@H](NC(=O)c1cc(C(=O)NCc2ncccn2)n2c1COCC2)c1ccccc1. The van der Waals surface area contributed by atoms with Gasteiger partial charge in [-0.05, 0) is 24.1 Å². The van der Waals surface area contributed by atoms with Crippen LogP contribution in [0.5, 0.6) is 0 Å². The van der Waals surface area contributed by atoms with Crippen LogP contribution in [0.15, 0.2) is 54.9 Å². The van der Waals surface area contributed by atoms with Gasteiger partial charge >= 0.3 is 0 Å².